The number of thioether (sulfide) groups is 1. The van der Waals surface area contributed by atoms with E-state index in [4.69, 9.17) is 15.1 Å². The molecule has 0 spiro atoms. The van der Waals surface area contributed by atoms with E-state index in [-0.39, 0.29) is 23.5 Å². The Morgan fingerprint density at radius 2 is 2.29 bits per heavy atom. The van der Waals surface area contributed by atoms with E-state index in [9.17, 15) is 9.59 Å². The highest BCUT2D eigenvalue weighted by Crippen LogP contribution is 2.19. The Labute approximate surface area is 103 Å². The number of carbonyl (C=O) groups excluding carboxylic acids is 1. The van der Waals surface area contributed by atoms with Gasteiger partial charge in [-0.05, 0) is 12.8 Å². The molecule has 1 aliphatic rings. The lowest BCUT2D eigenvalue weighted by Crippen LogP contribution is -2.34. The van der Waals surface area contributed by atoms with E-state index >= 15 is 0 Å². The summed E-state index contributed by atoms with van der Waals surface area (Å²) in [7, 11) is 0. The molecule has 0 bridgehead atoms. The third kappa shape index (κ3) is 5.06. The maximum absolute atomic E-state index is 11.3. The molecule has 1 saturated heterocycles. The molecule has 7 heteroatoms. The number of carbonyl (C=O) groups is 2. The number of carboxylic acids is 1. The molecule has 94 valence electrons. The smallest absolute Gasteiger partial charge is 0.332 e. The van der Waals surface area contributed by atoms with Gasteiger partial charge >= 0.3 is 5.97 Å². The Kier molecular flexibility index (Phi) is 5.80. The summed E-state index contributed by atoms with van der Waals surface area (Å²) in [4.78, 5) is 21.9. The second kappa shape index (κ2) is 7.14. The summed E-state index contributed by atoms with van der Waals surface area (Å²) < 4.78 is 5.23. The maximum Gasteiger partial charge on any atom is 0.332 e. The first-order chi connectivity index (χ1) is 8.13. The Balaban J connectivity index is 2.13. The minimum atomic E-state index is -0.955. The maximum atomic E-state index is 11.3. The predicted molar refractivity (Wildman–Crippen MR) is 61.5 cm³/mol. The van der Waals surface area contributed by atoms with Gasteiger partial charge in [0.2, 0.25) is 5.91 Å². The number of carboxylic acid groups (broad SMARTS) is 1. The average molecular weight is 258 g/mol. The van der Waals surface area contributed by atoms with Gasteiger partial charge in [0.1, 0.15) is 0 Å². The van der Waals surface area contributed by atoms with Gasteiger partial charge in [-0.3, -0.25) is 4.79 Å². The summed E-state index contributed by atoms with van der Waals surface area (Å²) in [6, 6.07) is 1.93. The molecule has 1 amide bonds. The van der Waals surface area contributed by atoms with Gasteiger partial charge in [0.15, 0.2) is 6.10 Å². The fraction of sp³-hybridized carbons (Fsp3) is 0.700. The van der Waals surface area contributed by atoms with Gasteiger partial charge in [0.25, 0.3) is 0 Å². The first kappa shape index (κ1) is 13.8. The zero-order valence-corrected chi connectivity index (χ0v) is 10.0. The number of amides is 1. The molecule has 0 saturated carbocycles. The molecule has 0 aromatic heterocycles. The van der Waals surface area contributed by atoms with Gasteiger partial charge < -0.3 is 15.2 Å². The van der Waals surface area contributed by atoms with Gasteiger partial charge in [-0.25, -0.2) is 4.79 Å². The van der Waals surface area contributed by atoms with Crippen molar-refractivity contribution >= 4 is 23.6 Å². The molecule has 6 nitrogen and oxygen atoms in total. The molecule has 0 aromatic carbocycles. The number of ether oxygens (including phenoxy) is 1. The Hall–Kier alpha value is -1.26. The normalized spacial score (nSPS) is 23.0. The summed E-state index contributed by atoms with van der Waals surface area (Å²) >= 11 is 1.24. The van der Waals surface area contributed by atoms with Gasteiger partial charge in [0.05, 0.1) is 23.7 Å². The zero-order chi connectivity index (χ0) is 12.7. The number of nitriles is 1. The first-order valence-electron chi connectivity index (χ1n) is 5.23. The van der Waals surface area contributed by atoms with Crippen LogP contribution < -0.4 is 5.32 Å². The van der Waals surface area contributed by atoms with Crippen LogP contribution in [-0.4, -0.2) is 47.2 Å². The summed E-state index contributed by atoms with van der Waals surface area (Å²) in [5.74, 6) is -0.590. The fourth-order valence-electron chi connectivity index (χ4n) is 1.51. The first-order valence-corrected chi connectivity index (χ1v) is 6.38. The van der Waals surface area contributed by atoms with Crippen molar-refractivity contribution < 1.29 is 19.4 Å². The van der Waals surface area contributed by atoms with Crippen LogP contribution in [0.5, 0.6) is 0 Å². The summed E-state index contributed by atoms with van der Waals surface area (Å²) in [5, 5.41) is 19.6. The molecule has 0 aliphatic carbocycles. The van der Waals surface area contributed by atoms with Crippen molar-refractivity contribution in [3.63, 3.8) is 0 Å². The van der Waals surface area contributed by atoms with Crippen LogP contribution >= 0.6 is 11.8 Å². The molecular formula is C10H14N2O4S. The lowest BCUT2D eigenvalue weighted by atomic mass is 10.2. The van der Waals surface area contributed by atoms with Crippen molar-refractivity contribution in [1.29, 1.82) is 5.26 Å². The molecule has 0 aromatic rings. The van der Waals surface area contributed by atoms with E-state index in [0.29, 0.717) is 19.4 Å². The molecule has 1 aliphatic heterocycles. The second-order valence-electron chi connectivity index (χ2n) is 3.62. The molecule has 1 fully saturated rings. The van der Waals surface area contributed by atoms with Gasteiger partial charge in [0, 0.05) is 6.54 Å². The van der Waals surface area contributed by atoms with Crippen molar-refractivity contribution in [3.05, 3.63) is 0 Å². The molecular weight excluding hydrogens is 244 g/mol. The van der Waals surface area contributed by atoms with Gasteiger partial charge in [-0.1, -0.05) is 0 Å². The highest BCUT2D eigenvalue weighted by Gasteiger charge is 2.30. The fourth-order valence-corrected chi connectivity index (χ4v) is 1.99. The molecule has 1 heterocycles. The van der Waals surface area contributed by atoms with Crippen LogP contribution in [0.3, 0.4) is 0 Å². The number of hydrogen-bond acceptors (Lipinski definition) is 5. The molecule has 0 radical (unpaired) electrons. The minimum Gasteiger partial charge on any atom is -0.479 e. The highest BCUT2D eigenvalue weighted by atomic mass is 32.2. The van der Waals surface area contributed by atoms with Crippen molar-refractivity contribution in [1.82, 2.24) is 5.32 Å². The molecule has 17 heavy (non-hydrogen) atoms. The van der Waals surface area contributed by atoms with Crippen molar-refractivity contribution in [2.75, 3.05) is 18.1 Å². The quantitative estimate of drug-likeness (QED) is 0.650. The molecule has 2 unspecified atom stereocenters. The van der Waals surface area contributed by atoms with Gasteiger partial charge in [-0.15, -0.1) is 11.8 Å². The summed E-state index contributed by atoms with van der Waals surface area (Å²) in [6.45, 7) is 0.329. The Morgan fingerprint density at radius 3 is 2.88 bits per heavy atom. The van der Waals surface area contributed by atoms with Crippen LogP contribution in [0.25, 0.3) is 0 Å². The SMILES string of the molecule is N#CCSCC(=O)NCC1CCC(C(=O)O)O1. The van der Waals surface area contributed by atoms with E-state index in [1.165, 1.54) is 11.8 Å². The van der Waals surface area contributed by atoms with Crippen LogP contribution in [0.2, 0.25) is 0 Å². The number of nitrogens with zero attached hydrogens (tertiary/aromatic N) is 1. The summed E-state index contributed by atoms with van der Waals surface area (Å²) in [6.07, 6.45) is 0.160. The van der Waals surface area contributed by atoms with Crippen LogP contribution in [0.1, 0.15) is 12.8 Å². The van der Waals surface area contributed by atoms with E-state index in [0.717, 1.165) is 0 Å². The van der Waals surface area contributed by atoms with E-state index in [1.54, 1.807) is 0 Å². The topological polar surface area (TPSA) is 99.4 Å². The number of hydrogen-bond donors (Lipinski definition) is 2. The Bertz CT molecular complexity index is 329. The largest absolute Gasteiger partial charge is 0.479 e. The lowest BCUT2D eigenvalue weighted by Gasteiger charge is -2.11. The van der Waals surface area contributed by atoms with Gasteiger partial charge in [-0.2, -0.15) is 5.26 Å². The molecule has 2 atom stereocenters. The average Bonchev–Trinajstić information content (AvgIpc) is 2.75. The predicted octanol–water partition coefficient (Wildman–Crippen LogP) is -0.00842. The van der Waals surface area contributed by atoms with Crippen LogP contribution in [-0.2, 0) is 14.3 Å². The molecule has 2 N–H and O–H groups in total. The standard InChI is InChI=1S/C10H14N2O4S/c11-3-4-17-6-9(13)12-5-7-1-2-8(16-7)10(14)15/h7-8H,1-2,4-6H2,(H,12,13)(H,14,15). The van der Waals surface area contributed by atoms with Crippen molar-refractivity contribution in [2.45, 2.75) is 25.0 Å². The van der Waals surface area contributed by atoms with Crippen molar-refractivity contribution in [2.24, 2.45) is 0 Å². The number of aliphatic carboxylic acids is 1. The van der Waals surface area contributed by atoms with E-state index in [2.05, 4.69) is 5.32 Å². The zero-order valence-electron chi connectivity index (χ0n) is 9.22. The highest BCUT2D eigenvalue weighted by molar-refractivity contribution is 8.00. The van der Waals surface area contributed by atoms with Crippen LogP contribution in [0.15, 0.2) is 0 Å². The molecule has 1 rings (SSSR count). The third-order valence-electron chi connectivity index (χ3n) is 2.31. The van der Waals surface area contributed by atoms with E-state index < -0.39 is 12.1 Å². The summed E-state index contributed by atoms with van der Waals surface area (Å²) in [5.41, 5.74) is 0. The van der Waals surface area contributed by atoms with Crippen LogP contribution in [0.4, 0.5) is 0 Å². The van der Waals surface area contributed by atoms with Crippen LogP contribution in [0, 0.1) is 11.3 Å². The monoisotopic (exact) mass is 258 g/mol. The third-order valence-corrected chi connectivity index (χ3v) is 3.11. The number of nitrogens with one attached hydrogen (secondary N) is 1. The Morgan fingerprint density at radius 1 is 1.53 bits per heavy atom. The lowest BCUT2D eigenvalue weighted by molar-refractivity contribution is -0.149. The minimum absolute atomic E-state index is 0.160. The second-order valence-corrected chi connectivity index (χ2v) is 4.60. The van der Waals surface area contributed by atoms with E-state index in [1.807, 2.05) is 6.07 Å². The van der Waals surface area contributed by atoms with Crippen molar-refractivity contribution in [3.8, 4) is 6.07 Å². The number of rotatable bonds is 6.